The Balaban J connectivity index is 1.58. The third kappa shape index (κ3) is 3.95. The summed E-state index contributed by atoms with van der Waals surface area (Å²) in [4.78, 5) is 6.87. The lowest BCUT2D eigenvalue weighted by atomic mass is 9.94. The number of imidazole rings is 1. The monoisotopic (exact) mass is 526 g/mol. The summed E-state index contributed by atoms with van der Waals surface area (Å²) in [6.45, 7) is 5.89. The van der Waals surface area contributed by atoms with Gasteiger partial charge in [-0.3, -0.25) is 8.78 Å². The van der Waals surface area contributed by atoms with Crippen molar-refractivity contribution >= 4 is 33.1 Å². The van der Waals surface area contributed by atoms with Crippen molar-refractivity contribution in [1.29, 1.82) is 0 Å². The van der Waals surface area contributed by atoms with Crippen molar-refractivity contribution in [1.82, 2.24) is 9.55 Å². The maximum atomic E-state index is 12.8. The number of halogens is 2. The number of thiol groups is 1. The van der Waals surface area contributed by atoms with Gasteiger partial charge in [-0.2, -0.15) is 0 Å². The first-order valence-electron chi connectivity index (χ1n) is 11.9. The molecule has 1 aliphatic rings. The minimum absolute atomic E-state index is 0.423. The van der Waals surface area contributed by atoms with E-state index in [1.54, 1.807) is 6.07 Å². The highest BCUT2D eigenvalue weighted by Crippen LogP contribution is 2.49. The van der Waals surface area contributed by atoms with Gasteiger partial charge in [0, 0.05) is 33.0 Å². The van der Waals surface area contributed by atoms with Crippen LogP contribution in [0.25, 0.3) is 28.2 Å². The Morgan fingerprint density at radius 2 is 1.63 bits per heavy atom. The van der Waals surface area contributed by atoms with Crippen molar-refractivity contribution in [2.24, 2.45) is 0 Å². The van der Waals surface area contributed by atoms with Gasteiger partial charge in [-0.25, -0.2) is 4.98 Å². The Kier molecular flexibility index (Phi) is 6.17. The van der Waals surface area contributed by atoms with Gasteiger partial charge in [-0.15, -0.1) is 0 Å². The first-order chi connectivity index (χ1) is 16.8. The van der Waals surface area contributed by atoms with E-state index < -0.39 is 15.5 Å². The number of benzene rings is 3. The molecule has 4 nitrogen and oxygen atoms in total. The number of nitrogens with zero attached hydrogens (tertiary/aromatic N) is 2. The van der Waals surface area contributed by atoms with Gasteiger partial charge < -0.3 is 5.11 Å². The zero-order valence-corrected chi connectivity index (χ0v) is 22.3. The fraction of sp³-hybridized carbons (Fsp3) is 0.250. The Labute approximate surface area is 217 Å². The number of aromatic nitrogens is 2. The summed E-state index contributed by atoms with van der Waals surface area (Å²) in [6, 6.07) is 19.7. The molecular formula is C28H28Cl2N2O2S. The summed E-state index contributed by atoms with van der Waals surface area (Å²) in [7, 11) is -2.23. The molecule has 0 atom stereocenters. The second kappa shape index (κ2) is 8.90. The molecule has 1 aliphatic heterocycles. The van der Waals surface area contributed by atoms with Crippen LogP contribution in [0.2, 0.25) is 10.0 Å². The standard InChI is InChI=1S/C28H28Cl2N2O2S/c1-4-28(33,5-2)25-17-32(27(31-25)21-8-7-9-22(29)26(21)30)20-13-10-18(11-14-20)19-12-15-23-24(16-19)35(23,34)6-3/h7-17,33,35H,4-6H2,1-3H3. The van der Waals surface area contributed by atoms with Crippen LogP contribution >= 0.6 is 23.2 Å². The lowest BCUT2D eigenvalue weighted by Gasteiger charge is -2.22. The molecule has 35 heavy (non-hydrogen) atoms. The number of hydrogen-bond acceptors (Lipinski definition) is 3. The van der Waals surface area contributed by atoms with Crippen molar-refractivity contribution in [3.63, 3.8) is 0 Å². The van der Waals surface area contributed by atoms with Crippen molar-refractivity contribution in [2.75, 3.05) is 5.75 Å². The molecule has 0 aliphatic carbocycles. The van der Waals surface area contributed by atoms with Crippen LogP contribution in [0.1, 0.15) is 39.3 Å². The number of aliphatic hydroxyl groups is 1. The molecule has 182 valence electrons. The van der Waals surface area contributed by atoms with E-state index in [4.69, 9.17) is 28.2 Å². The van der Waals surface area contributed by atoms with Crippen molar-refractivity contribution in [3.05, 3.63) is 82.6 Å². The van der Waals surface area contributed by atoms with Gasteiger partial charge in [0.25, 0.3) is 0 Å². The van der Waals surface area contributed by atoms with Gasteiger partial charge in [0.1, 0.15) is 11.4 Å². The third-order valence-corrected chi connectivity index (χ3v) is 11.0. The van der Waals surface area contributed by atoms with Crippen LogP contribution in [0.5, 0.6) is 0 Å². The van der Waals surface area contributed by atoms with Gasteiger partial charge in [-0.05, 0) is 60.4 Å². The molecular weight excluding hydrogens is 499 g/mol. The van der Waals surface area contributed by atoms with Gasteiger partial charge >= 0.3 is 0 Å². The lowest BCUT2D eigenvalue weighted by molar-refractivity contribution is 0.0244. The van der Waals surface area contributed by atoms with Crippen LogP contribution in [0.15, 0.2) is 76.7 Å². The molecule has 0 bridgehead atoms. The molecule has 0 radical (unpaired) electrons. The van der Waals surface area contributed by atoms with Gasteiger partial charge in [-0.1, -0.05) is 78.2 Å². The van der Waals surface area contributed by atoms with Gasteiger partial charge in [0.15, 0.2) is 0 Å². The van der Waals surface area contributed by atoms with Crippen LogP contribution in [0, 0.1) is 0 Å². The minimum Gasteiger partial charge on any atom is -0.384 e. The average Bonchev–Trinajstić information content (AvgIpc) is 3.24. The Morgan fingerprint density at radius 1 is 0.943 bits per heavy atom. The molecule has 0 fully saturated rings. The summed E-state index contributed by atoms with van der Waals surface area (Å²) < 4.78 is 14.8. The minimum atomic E-state index is -2.23. The first kappa shape index (κ1) is 24.3. The Bertz CT molecular complexity index is 1470. The van der Waals surface area contributed by atoms with E-state index in [9.17, 15) is 9.32 Å². The summed E-state index contributed by atoms with van der Waals surface area (Å²) in [5.74, 6) is 1.30. The van der Waals surface area contributed by atoms with E-state index in [1.807, 2.05) is 80.1 Å². The van der Waals surface area contributed by atoms with Gasteiger partial charge in [0.2, 0.25) is 0 Å². The zero-order valence-electron chi connectivity index (χ0n) is 19.9. The fourth-order valence-corrected chi connectivity index (χ4v) is 7.47. The first-order valence-corrected chi connectivity index (χ1v) is 14.5. The topological polar surface area (TPSA) is 55.1 Å². The van der Waals surface area contributed by atoms with Crippen LogP contribution in [-0.2, 0) is 15.5 Å². The van der Waals surface area contributed by atoms with Crippen LogP contribution in [0.4, 0.5) is 0 Å². The fourth-order valence-electron chi connectivity index (χ4n) is 4.66. The average molecular weight is 528 g/mol. The highest BCUT2D eigenvalue weighted by Gasteiger charge is 2.38. The molecule has 3 aromatic carbocycles. The predicted octanol–water partition coefficient (Wildman–Crippen LogP) is 7.29. The molecule has 5 rings (SSSR count). The van der Waals surface area contributed by atoms with E-state index in [0.717, 1.165) is 26.6 Å². The maximum Gasteiger partial charge on any atom is 0.146 e. The Hall–Kier alpha value is -2.44. The number of rotatable bonds is 7. The normalized spacial score (nSPS) is 15.0. The van der Waals surface area contributed by atoms with E-state index in [1.165, 1.54) is 0 Å². The van der Waals surface area contributed by atoms with Crippen molar-refractivity contribution < 1.29 is 9.32 Å². The largest absolute Gasteiger partial charge is 0.384 e. The van der Waals surface area contributed by atoms with E-state index in [2.05, 4.69) is 6.07 Å². The quantitative estimate of drug-likeness (QED) is 0.196. The maximum absolute atomic E-state index is 12.8. The van der Waals surface area contributed by atoms with Crippen LogP contribution in [-0.4, -0.2) is 24.6 Å². The summed E-state index contributed by atoms with van der Waals surface area (Å²) in [5, 5.41) is 12.1. The van der Waals surface area contributed by atoms with Gasteiger partial charge in [0.05, 0.1) is 15.7 Å². The smallest absolute Gasteiger partial charge is 0.146 e. The highest BCUT2D eigenvalue weighted by atomic mass is 35.5. The predicted molar refractivity (Wildman–Crippen MR) is 146 cm³/mol. The molecule has 0 spiro atoms. The lowest BCUT2D eigenvalue weighted by Crippen LogP contribution is -2.23. The molecule has 0 amide bonds. The number of hydrogen-bond donors (Lipinski definition) is 2. The second-order valence-corrected chi connectivity index (χ2v) is 12.8. The Morgan fingerprint density at radius 3 is 2.29 bits per heavy atom. The highest BCUT2D eigenvalue weighted by molar-refractivity contribution is 8.08. The zero-order chi connectivity index (χ0) is 25.0. The van der Waals surface area contributed by atoms with Crippen molar-refractivity contribution in [3.8, 4) is 28.2 Å². The molecule has 0 saturated carbocycles. The molecule has 2 heterocycles. The van der Waals surface area contributed by atoms with Crippen LogP contribution in [0.3, 0.4) is 0 Å². The molecule has 1 aromatic heterocycles. The molecule has 4 aromatic rings. The third-order valence-electron chi connectivity index (χ3n) is 7.17. The van der Waals surface area contributed by atoms with Crippen LogP contribution < -0.4 is 0 Å². The van der Waals surface area contributed by atoms with E-state index in [0.29, 0.717) is 45.7 Å². The molecule has 1 N–H and O–H groups in total. The molecule has 0 saturated heterocycles. The van der Waals surface area contributed by atoms with E-state index >= 15 is 0 Å². The SMILES string of the molecule is CCC(O)(CC)c1cn(-c2ccc(-c3ccc4c(c3)[SH]4(=O)CC)cc2)c(-c2cccc(Cl)c2Cl)n1. The number of fused-ring (bicyclic) bond motifs is 1. The summed E-state index contributed by atoms with van der Waals surface area (Å²) >= 11 is 12.9. The van der Waals surface area contributed by atoms with Crippen molar-refractivity contribution in [2.45, 2.75) is 49.0 Å². The van der Waals surface area contributed by atoms with E-state index in [-0.39, 0.29) is 0 Å². The summed E-state index contributed by atoms with van der Waals surface area (Å²) in [6.07, 6.45) is 2.97. The molecule has 7 heteroatoms. The molecule has 0 unspecified atom stereocenters. The second-order valence-electron chi connectivity index (χ2n) is 8.97. The summed E-state index contributed by atoms with van der Waals surface area (Å²) in [5.41, 5.74) is 3.25.